The van der Waals surface area contributed by atoms with Gasteiger partial charge in [-0.25, -0.2) is 4.39 Å². The summed E-state index contributed by atoms with van der Waals surface area (Å²) in [5, 5.41) is 3.37. The van der Waals surface area contributed by atoms with Crippen molar-refractivity contribution >= 4 is 0 Å². The molecule has 0 bridgehead atoms. The van der Waals surface area contributed by atoms with E-state index < -0.39 is 0 Å². The van der Waals surface area contributed by atoms with Crippen LogP contribution in [0.2, 0.25) is 0 Å². The van der Waals surface area contributed by atoms with Crippen LogP contribution in [0, 0.1) is 11.7 Å². The predicted molar refractivity (Wildman–Crippen MR) is 86.9 cm³/mol. The summed E-state index contributed by atoms with van der Waals surface area (Å²) in [5.74, 6) is 0.476. The third-order valence-corrected chi connectivity index (χ3v) is 3.70. The van der Waals surface area contributed by atoms with Gasteiger partial charge in [-0.3, -0.25) is 0 Å². The highest BCUT2D eigenvalue weighted by Gasteiger charge is 2.11. The maximum absolute atomic E-state index is 13.0. The Kier molecular flexibility index (Phi) is 5.51. The average Bonchev–Trinajstić information content (AvgIpc) is 2.46. The van der Waals surface area contributed by atoms with E-state index in [1.54, 1.807) is 0 Å². The lowest BCUT2D eigenvalue weighted by Gasteiger charge is -2.18. The summed E-state index contributed by atoms with van der Waals surface area (Å²) < 4.78 is 13.0. The normalized spacial score (nSPS) is 12.6. The highest BCUT2D eigenvalue weighted by atomic mass is 19.1. The van der Waals surface area contributed by atoms with Gasteiger partial charge in [-0.2, -0.15) is 0 Å². The first kappa shape index (κ1) is 15.7. The molecular weight excluding hydrogens is 261 g/mol. The lowest BCUT2D eigenvalue weighted by molar-refractivity contribution is 0.586. The van der Waals surface area contributed by atoms with Crippen LogP contribution in [-0.2, 0) is 12.8 Å². The Bertz CT molecular complexity index is 560. The quantitative estimate of drug-likeness (QED) is 0.822. The fourth-order valence-corrected chi connectivity index (χ4v) is 2.65. The van der Waals surface area contributed by atoms with E-state index >= 15 is 0 Å². The summed E-state index contributed by atoms with van der Waals surface area (Å²) in [4.78, 5) is 0. The van der Waals surface area contributed by atoms with E-state index in [0.717, 1.165) is 18.4 Å². The van der Waals surface area contributed by atoms with Gasteiger partial charge in [0.1, 0.15) is 5.82 Å². The smallest absolute Gasteiger partial charge is 0.123 e. The van der Waals surface area contributed by atoms with Gasteiger partial charge in [0.15, 0.2) is 0 Å². The summed E-state index contributed by atoms with van der Waals surface area (Å²) in [6.45, 7) is 4.47. The summed E-state index contributed by atoms with van der Waals surface area (Å²) in [7, 11) is 1.98. The third kappa shape index (κ3) is 4.68. The average molecular weight is 285 g/mol. The van der Waals surface area contributed by atoms with E-state index in [2.05, 4.69) is 43.4 Å². The molecule has 0 spiro atoms. The second-order valence-corrected chi connectivity index (χ2v) is 6.01. The van der Waals surface area contributed by atoms with Gasteiger partial charge in [0, 0.05) is 6.04 Å². The van der Waals surface area contributed by atoms with Crippen molar-refractivity contribution in [2.75, 3.05) is 7.05 Å². The van der Waals surface area contributed by atoms with Crippen LogP contribution in [-0.4, -0.2) is 7.05 Å². The Morgan fingerprint density at radius 1 is 0.952 bits per heavy atom. The maximum Gasteiger partial charge on any atom is 0.123 e. The van der Waals surface area contributed by atoms with Crippen molar-refractivity contribution in [1.82, 2.24) is 5.32 Å². The first-order chi connectivity index (χ1) is 10.1. The Balaban J connectivity index is 2.15. The van der Waals surface area contributed by atoms with Crippen LogP contribution in [0.4, 0.5) is 4.39 Å². The van der Waals surface area contributed by atoms with Crippen molar-refractivity contribution in [3.63, 3.8) is 0 Å². The van der Waals surface area contributed by atoms with Gasteiger partial charge in [-0.05, 0) is 54.6 Å². The second-order valence-electron chi connectivity index (χ2n) is 6.01. The molecule has 0 aliphatic heterocycles. The Morgan fingerprint density at radius 2 is 1.67 bits per heavy atom. The second kappa shape index (κ2) is 7.37. The van der Waals surface area contributed by atoms with Gasteiger partial charge in [0.2, 0.25) is 0 Å². The van der Waals surface area contributed by atoms with E-state index in [4.69, 9.17) is 0 Å². The molecule has 0 saturated carbocycles. The molecule has 1 nitrogen and oxygen atoms in total. The highest BCUT2D eigenvalue weighted by Crippen LogP contribution is 2.21. The molecular formula is C19H24FN. The van der Waals surface area contributed by atoms with E-state index in [-0.39, 0.29) is 11.9 Å². The van der Waals surface area contributed by atoms with Crippen molar-refractivity contribution in [2.24, 2.45) is 5.92 Å². The van der Waals surface area contributed by atoms with E-state index in [1.165, 1.54) is 23.3 Å². The molecule has 2 aromatic carbocycles. The molecule has 2 rings (SSSR count). The highest BCUT2D eigenvalue weighted by molar-refractivity contribution is 5.28. The predicted octanol–water partition coefficient (Wildman–Crippen LogP) is 4.53. The van der Waals surface area contributed by atoms with Gasteiger partial charge in [0.25, 0.3) is 0 Å². The minimum Gasteiger partial charge on any atom is -0.313 e. The van der Waals surface area contributed by atoms with Crippen molar-refractivity contribution in [3.05, 3.63) is 71.0 Å². The monoisotopic (exact) mass is 285 g/mol. The Labute approximate surface area is 127 Å². The van der Waals surface area contributed by atoms with Crippen LogP contribution in [0.3, 0.4) is 0 Å². The zero-order valence-corrected chi connectivity index (χ0v) is 13.1. The number of rotatable bonds is 6. The van der Waals surface area contributed by atoms with E-state index in [1.807, 2.05) is 19.2 Å². The van der Waals surface area contributed by atoms with Gasteiger partial charge in [-0.15, -0.1) is 0 Å². The first-order valence-electron chi connectivity index (χ1n) is 7.59. The third-order valence-electron chi connectivity index (χ3n) is 3.70. The van der Waals surface area contributed by atoms with Crippen LogP contribution < -0.4 is 5.32 Å². The summed E-state index contributed by atoms with van der Waals surface area (Å²) >= 11 is 0. The zero-order chi connectivity index (χ0) is 15.2. The summed E-state index contributed by atoms with van der Waals surface area (Å²) in [5.41, 5.74) is 3.81. The minimum absolute atomic E-state index is 0.182. The molecule has 0 saturated heterocycles. The van der Waals surface area contributed by atoms with Gasteiger partial charge in [0.05, 0.1) is 0 Å². The van der Waals surface area contributed by atoms with Crippen LogP contribution in [0.25, 0.3) is 0 Å². The molecule has 0 aromatic heterocycles. The topological polar surface area (TPSA) is 12.0 Å². The molecule has 2 aromatic rings. The van der Waals surface area contributed by atoms with Gasteiger partial charge in [-0.1, -0.05) is 50.2 Å². The molecule has 1 unspecified atom stereocenters. The van der Waals surface area contributed by atoms with E-state index in [0.29, 0.717) is 5.92 Å². The molecule has 0 heterocycles. The first-order valence-corrected chi connectivity index (χ1v) is 7.59. The molecule has 21 heavy (non-hydrogen) atoms. The zero-order valence-electron chi connectivity index (χ0n) is 13.1. The van der Waals surface area contributed by atoms with Crippen molar-refractivity contribution < 1.29 is 4.39 Å². The van der Waals surface area contributed by atoms with Crippen LogP contribution >= 0.6 is 0 Å². The number of hydrogen-bond acceptors (Lipinski definition) is 1. The van der Waals surface area contributed by atoms with Crippen molar-refractivity contribution in [1.29, 1.82) is 0 Å². The number of halogens is 1. The molecule has 1 N–H and O–H groups in total. The molecule has 1 atom stereocenters. The number of benzene rings is 2. The molecule has 0 amide bonds. The van der Waals surface area contributed by atoms with E-state index in [9.17, 15) is 4.39 Å². The van der Waals surface area contributed by atoms with Gasteiger partial charge < -0.3 is 5.32 Å². The van der Waals surface area contributed by atoms with Crippen molar-refractivity contribution in [3.8, 4) is 0 Å². The summed E-state index contributed by atoms with van der Waals surface area (Å²) in [6.07, 6.45) is 1.96. The van der Waals surface area contributed by atoms with Crippen LogP contribution in [0.1, 0.15) is 36.6 Å². The lowest BCUT2D eigenvalue weighted by Crippen LogP contribution is -2.19. The molecule has 0 radical (unpaired) electrons. The fraction of sp³-hybridized carbons (Fsp3) is 0.368. The number of nitrogens with one attached hydrogen (secondary N) is 1. The van der Waals surface area contributed by atoms with Crippen LogP contribution in [0.5, 0.6) is 0 Å². The lowest BCUT2D eigenvalue weighted by atomic mass is 9.95. The Hall–Kier alpha value is -1.67. The largest absolute Gasteiger partial charge is 0.313 e. The number of hydrogen-bond donors (Lipinski definition) is 1. The molecule has 0 fully saturated rings. The fourth-order valence-electron chi connectivity index (χ4n) is 2.65. The maximum atomic E-state index is 13.0. The standard InChI is InChI=1S/C19H24FN/c1-14(2)11-16-5-4-6-17(12-16)19(21-3)13-15-7-9-18(20)10-8-15/h4-10,12,14,19,21H,11,13H2,1-3H3. The number of likely N-dealkylation sites (N-methyl/N-ethyl adjacent to an activating group) is 1. The minimum atomic E-state index is -0.182. The summed E-state index contributed by atoms with van der Waals surface area (Å²) in [6, 6.07) is 15.8. The molecule has 0 aliphatic rings. The Morgan fingerprint density at radius 3 is 2.29 bits per heavy atom. The van der Waals surface area contributed by atoms with Gasteiger partial charge >= 0.3 is 0 Å². The SMILES string of the molecule is CNC(Cc1ccc(F)cc1)c1cccc(CC(C)C)c1. The molecule has 0 aliphatic carbocycles. The molecule has 112 valence electrons. The van der Waals surface area contributed by atoms with Crippen molar-refractivity contribution in [2.45, 2.75) is 32.7 Å². The van der Waals surface area contributed by atoms with Crippen LogP contribution in [0.15, 0.2) is 48.5 Å². The molecule has 2 heteroatoms.